The van der Waals surface area contributed by atoms with Gasteiger partial charge in [0.25, 0.3) is 5.91 Å². The molecule has 0 saturated heterocycles. The molecule has 0 bridgehead atoms. The number of carboxylic acid groups (broad SMARTS) is 1. The molecule has 38 heavy (non-hydrogen) atoms. The number of nitrogens with one attached hydrogen (secondary N) is 4. The summed E-state index contributed by atoms with van der Waals surface area (Å²) < 4.78 is 0. The summed E-state index contributed by atoms with van der Waals surface area (Å²) in [6, 6.07) is -5.33. The molecule has 0 aliphatic heterocycles. The van der Waals surface area contributed by atoms with Crippen LogP contribution >= 0.6 is 0 Å². The predicted octanol–water partition coefficient (Wildman–Crippen LogP) is 0.331. The van der Waals surface area contributed by atoms with Crippen LogP contribution in [0.5, 0.6) is 0 Å². The van der Waals surface area contributed by atoms with E-state index in [1.165, 1.54) is 0 Å². The fourth-order valence-corrected chi connectivity index (χ4v) is 3.56. The second-order valence-electron chi connectivity index (χ2n) is 11.1. The van der Waals surface area contributed by atoms with Crippen LogP contribution in [0.1, 0.15) is 75.2 Å². The van der Waals surface area contributed by atoms with Gasteiger partial charge in [-0.3, -0.25) is 24.0 Å². The molecule has 0 aromatic carbocycles. The van der Waals surface area contributed by atoms with E-state index in [2.05, 4.69) is 21.3 Å². The number of carboxylic acids is 1. The van der Waals surface area contributed by atoms with Crippen LogP contribution in [-0.4, -0.2) is 70.7 Å². The number of carbonyl (C=O) groups is 6. The summed E-state index contributed by atoms with van der Waals surface area (Å²) in [5, 5.41) is 19.3. The molecule has 0 heterocycles. The largest absolute Gasteiger partial charge is 0.480 e. The molecule has 0 aromatic heterocycles. The number of ketones is 1. The minimum Gasteiger partial charge on any atom is -0.480 e. The van der Waals surface area contributed by atoms with Gasteiger partial charge in [-0.2, -0.15) is 0 Å². The van der Waals surface area contributed by atoms with E-state index in [0.29, 0.717) is 0 Å². The van der Waals surface area contributed by atoms with Gasteiger partial charge in [0.15, 0.2) is 0 Å². The molecule has 1 unspecified atom stereocenters. The molecule has 0 fully saturated rings. The van der Waals surface area contributed by atoms with E-state index in [4.69, 9.17) is 5.73 Å². The number of rotatable bonds is 16. The number of amides is 4. The Morgan fingerprint density at radius 1 is 0.658 bits per heavy atom. The highest BCUT2D eigenvalue weighted by Crippen LogP contribution is 2.10. The molecule has 12 nitrogen and oxygen atoms in total. The van der Waals surface area contributed by atoms with Crippen molar-refractivity contribution < 1.29 is 33.9 Å². The van der Waals surface area contributed by atoms with Crippen molar-refractivity contribution in [2.75, 3.05) is 0 Å². The molecule has 0 aromatic rings. The Morgan fingerprint density at radius 3 is 1.55 bits per heavy atom. The van der Waals surface area contributed by atoms with E-state index in [9.17, 15) is 33.9 Å². The van der Waals surface area contributed by atoms with Gasteiger partial charge in [0.05, 0.1) is 12.1 Å². The molecule has 218 valence electrons. The van der Waals surface area contributed by atoms with E-state index in [-0.39, 0.29) is 30.6 Å². The lowest BCUT2D eigenvalue weighted by Gasteiger charge is -2.27. The average molecular weight is 542 g/mol. The van der Waals surface area contributed by atoms with Crippen molar-refractivity contribution in [3.05, 3.63) is 0 Å². The molecule has 0 aliphatic carbocycles. The van der Waals surface area contributed by atoms with Gasteiger partial charge in [-0.15, -0.1) is 0 Å². The highest BCUT2D eigenvalue weighted by molar-refractivity contribution is 6.38. The molecule has 0 rings (SSSR count). The molecule has 5 atom stereocenters. The van der Waals surface area contributed by atoms with Crippen LogP contribution in [0.25, 0.3) is 0 Å². The molecular weight excluding hydrogens is 494 g/mol. The van der Waals surface area contributed by atoms with E-state index in [0.717, 1.165) is 0 Å². The topological polar surface area (TPSA) is 197 Å². The van der Waals surface area contributed by atoms with Crippen molar-refractivity contribution in [3.8, 4) is 0 Å². The normalized spacial score (nSPS) is 15.4. The second kappa shape index (κ2) is 16.1. The summed E-state index contributed by atoms with van der Waals surface area (Å²) in [6.07, 6.45) is 0.244. The maximum atomic E-state index is 13.0. The minimum absolute atomic E-state index is 0.0576. The van der Waals surface area contributed by atoms with Crippen molar-refractivity contribution in [2.24, 2.45) is 29.4 Å². The lowest BCUT2D eigenvalue weighted by molar-refractivity contribution is -0.144. The smallest absolute Gasteiger partial charge is 0.326 e. The summed E-state index contributed by atoms with van der Waals surface area (Å²) >= 11 is 0. The molecule has 7 N–H and O–H groups in total. The third-order valence-corrected chi connectivity index (χ3v) is 6.09. The van der Waals surface area contributed by atoms with E-state index < -0.39 is 71.5 Å². The van der Waals surface area contributed by atoms with Gasteiger partial charge >= 0.3 is 5.97 Å². The van der Waals surface area contributed by atoms with Gasteiger partial charge in [0, 0.05) is 0 Å². The molecule has 4 amide bonds. The SMILES string of the molecule is CCC(NC(=O)[C@@H](NC(=O)[C@@H](N)C(C)C)C(C)C)C(=O)C(=O)N[C@H](CC(C)C)C(=O)N[C@H](C(=O)O)C(C)C. The van der Waals surface area contributed by atoms with Gasteiger partial charge in [-0.1, -0.05) is 62.3 Å². The Kier molecular flexibility index (Phi) is 14.8. The van der Waals surface area contributed by atoms with Crippen LogP contribution in [-0.2, 0) is 28.8 Å². The maximum Gasteiger partial charge on any atom is 0.326 e. The van der Waals surface area contributed by atoms with Crippen molar-refractivity contribution in [3.63, 3.8) is 0 Å². The highest BCUT2D eigenvalue weighted by Gasteiger charge is 2.34. The van der Waals surface area contributed by atoms with Gasteiger partial charge in [-0.05, 0) is 36.5 Å². The van der Waals surface area contributed by atoms with Crippen LogP contribution < -0.4 is 27.0 Å². The first-order valence-corrected chi connectivity index (χ1v) is 13.2. The molecule has 0 spiro atoms. The third-order valence-electron chi connectivity index (χ3n) is 6.09. The fourth-order valence-electron chi connectivity index (χ4n) is 3.56. The Balaban J connectivity index is 5.59. The van der Waals surface area contributed by atoms with Crippen LogP contribution in [0.4, 0.5) is 0 Å². The summed E-state index contributed by atoms with van der Waals surface area (Å²) in [5.41, 5.74) is 5.88. The van der Waals surface area contributed by atoms with Crippen molar-refractivity contribution >= 4 is 35.4 Å². The first-order chi connectivity index (χ1) is 17.4. The van der Waals surface area contributed by atoms with Crippen molar-refractivity contribution in [1.82, 2.24) is 21.3 Å². The lowest BCUT2D eigenvalue weighted by Crippen LogP contribution is -2.59. The van der Waals surface area contributed by atoms with Crippen molar-refractivity contribution in [1.29, 1.82) is 0 Å². The Bertz CT molecular complexity index is 857. The number of hydrogen-bond donors (Lipinski definition) is 6. The van der Waals surface area contributed by atoms with Crippen LogP contribution in [0.2, 0.25) is 0 Å². The lowest BCUT2D eigenvalue weighted by atomic mass is 9.99. The summed E-state index contributed by atoms with van der Waals surface area (Å²) in [6.45, 7) is 15.5. The number of hydrogen-bond acceptors (Lipinski definition) is 7. The Labute approximate surface area is 225 Å². The van der Waals surface area contributed by atoms with Gasteiger partial charge in [0.2, 0.25) is 23.5 Å². The van der Waals surface area contributed by atoms with E-state index in [1.807, 2.05) is 13.8 Å². The van der Waals surface area contributed by atoms with E-state index in [1.54, 1.807) is 48.5 Å². The monoisotopic (exact) mass is 541 g/mol. The zero-order valence-corrected chi connectivity index (χ0v) is 24.1. The first kappa shape index (κ1) is 35.0. The van der Waals surface area contributed by atoms with Gasteiger partial charge < -0.3 is 32.1 Å². The maximum absolute atomic E-state index is 13.0. The van der Waals surface area contributed by atoms with Gasteiger partial charge in [-0.25, -0.2) is 4.79 Å². The third kappa shape index (κ3) is 11.2. The standard InChI is InChI=1S/C26H47N5O7/c1-10-16(28-24(35)19(14(6)7)30-23(34)18(27)13(4)5)21(32)25(36)29-17(11-12(2)3)22(33)31-20(15(8)9)26(37)38/h12-20H,10-11,27H2,1-9H3,(H,28,35)(H,29,36)(H,30,34)(H,31,33)(H,37,38)/t16?,17-,18+,19+,20+/m1/s1. The Morgan fingerprint density at radius 2 is 1.16 bits per heavy atom. The predicted molar refractivity (Wildman–Crippen MR) is 143 cm³/mol. The molecule has 0 saturated carbocycles. The minimum atomic E-state index is -1.21. The number of Topliss-reactive ketones (excluding diaryl/α,β-unsaturated/α-hetero) is 1. The summed E-state index contributed by atoms with van der Waals surface area (Å²) in [7, 11) is 0. The quantitative estimate of drug-likeness (QED) is 0.150. The molecule has 0 radical (unpaired) electrons. The van der Waals surface area contributed by atoms with Crippen LogP contribution in [0.3, 0.4) is 0 Å². The number of carbonyl (C=O) groups excluding carboxylic acids is 5. The zero-order chi connectivity index (χ0) is 29.9. The van der Waals surface area contributed by atoms with Crippen molar-refractivity contribution in [2.45, 2.75) is 105 Å². The fraction of sp³-hybridized carbons (Fsp3) is 0.769. The van der Waals surface area contributed by atoms with Crippen LogP contribution in [0.15, 0.2) is 0 Å². The zero-order valence-electron chi connectivity index (χ0n) is 24.1. The highest BCUT2D eigenvalue weighted by atomic mass is 16.4. The number of aliphatic carboxylic acids is 1. The molecular formula is C26H47N5O7. The second-order valence-corrected chi connectivity index (χ2v) is 11.1. The number of nitrogens with two attached hydrogens (primary N) is 1. The first-order valence-electron chi connectivity index (χ1n) is 13.2. The Hall–Kier alpha value is -3.02. The average Bonchev–Trinajstić information content (AvgIpc) is 2.81. The summed E-state index contributed by atoms with van der Waals surface area (Å²) in [4.78, 5) is 75.5. The van der Waals surface area contributed by atoms with Gasteiger partial charge in [0.1, 0.15) is 18.1 Å². The van der Waals surface area contributed by atoms with Crippen LogP contribution in [0, 0.1) is 23.7 Å². The summed E-state index contributed by atoms with van der Waals surface area (Å²) in [5.74, 6) is -6.07. The van der Waals surface area contributed by atoms with E-state index >= 15 is 0 Å². The molecule has 12 heteroatoms. The molecule has 0 aliphatic rings.